The Kier molecular flexibility index (Phi) is 3.09. The van der Waals surface area contributed by atoms with E-state index < -0.39 is 0 Å². The van der Waals surface area contributed by atoms with E-state index in [-0.39, 0.29) is 0 Å². The molecule has 1 heterocycles. The number of hydrogen-bond acceptors (Lipinski definition) is 2. The van der Waals surface area contributed by atoms with Crippen LogP contribution in [0.5, 0.6) is 0 Å². The third-order valence-electron chi connectivity index (χ3n) is 2.62. The summed E-state index contributed by atoms with van der Waals surface area (Å²) >= 11 is 0. The Hall–Kier alpha value is -0.570. The molecule has 0 radical (unpaired) electrons. The van der Waals surface area contributed by atoms with Gasteiger partial charge >= 0.3 is 0 Å². The van der Waals surface area contributed by atoms with E-state index in [0.717, 1.165) is 13.0 Å². The summed E-state index contributed by atoms with van der Waals surface area (Å²) < 4.78 is 0. The lowest BCUT2D eigenvalue weighted by Crippen LogP contribution is -2.43. The Morgan fingerprint density at radius 2 is 2.25 bits per heavy atom. The molecule has 0 saturated carbocycles. The van der Waals surface area contributed by atoms with Gasteiger partial charge in [-0.15, -0.1) is 0 Å². The van der Waals surface area contributed by atoms with E-state index >= 15 is 0 Å². The van der Waals surface area contributed by atoms with E-state index in [0.29, 0.717) is 17.8 Å². The number of nitrogens with zero attached hydrogens (tertiary/aromatic N) is 1. The smallest absolute Gasteiger partial charge is 0.0949 e. The van der Waals surface area contributed by atoms with E-state index in [9.17, 15) is 0 Å². The van der Waals surface area contributed by atoms with Crippen molar-refractivity contribution in [1.29, 1.82) is 5.41 Å². The summed E-state index contributed by atoms with van der Waals surface area (Å²) in [6.45, 7) is 6.54. The second-order valence-electron chi connectivity index (χ2n) is 3.88. The largest absolute Gasteiger partial charge is 0.387 e. The first-order valence-corrected chi connectivity index (χ1v) is 4.69. The van der Waals surface area contributed by atoms with E-state index in [1.54, 1.807) is 0 Å². The van der Waals surface area contributed by atoms with Crippen molar-refractivity contribution in [1.82, 2.24) is 4.90 Å². The molecule has 0 bridgehead atoms. The normalized spacial score (nSPS) is 26.1. The predicted octanol–water partition coefficient (Wildman–Crippen LogP) is 1.04. The van der Waals surface area contributed by atoms with Crippen LogP contribution in [0, 0.1) is 11.3 Å². The number of piperidine rings is 1. The molecule has 3 heteroatoms. The summed E-state index contributed by atoms with van der Waals surface area (Å²) in [6, 6.07) is 0.590. The highest BCUT2D eigenvalue weighted by Crippen LogP contribution is 2.17. The van der Waals surface area contributed by atoms with Crippen LogP contribution in [0.1, 0.15) is 26.7 Å². The van der Waals surface area contributed by atoms with Gasteiger partial charge in [0.1, 0.15) is 0 Å². The van der Waals surface area contributed by atoms with E-state index in [4.69, 9.17) is 11.1 Å². The van der Waals surface area contributed by atoms with Gasteiger partial charge in [0.15, 0.2) is 0 Å². The maximum Gasteiger partial charge on any atom is 0.0949 e. The van der Waals surface area contributed by atoms with Crippen LogP contribution in [-0.4, -0.2) is 29.9 Å². The molecule has 1 aliphatic rings. The third kappa shape index (κ3) is 2.21. The van der Waals surface area contributed by atoms with E-state index in [1.807, 2.05) is 0 Å². The SMILES string of the molecule is CC(C)N1CCCC(C(=N)N)C1. The van der Waals surface area contributed by atoms with Crippen LogP contribution in [0.25, 0.3) is 0 Å². The number of amidine groups is 1. The van der Waals surface area contributed by atoms with Crippen LogP contribution in [-0.2, 0) is 0 Å². The molecule has 0 amide bonds. The monoisotopic (exact) mass is 169 g/mol. The lowest BCUT2D eigenvalue weighted by atomic mass is 9.96. The van der Waals surface area contributed by atoms with Crippen molar-refractivity contribution in [3.05, 3.63) is 0 Å². The Labute approximate surface area is 74.4 Å². The fourth-order valence-electron chi connectivity index (χ4n) is 1.73. The minimum absolute atomic E-state index is 0.307. The van der Waals surface area contributed by atoms with Crippen LogP contribution in [0.3, 0.4) is 0 Å². The van der Waals surface area contributed by atoms with Crippen molar-refractivity contribution in [2.45, 2.75) is 32.7 Å². The minimum Gasteiger partial charge on any atom is -0.387 e. The summed E-state index contributed by atoms with van der Waals surface area (Å²) in [6.07, 6.45) is 2.28. The zero-order valence-electron chi connectivity index (χ0n) is 8.01. The molecular weight excluding hydrogens is 150 g/mol. The number of nitrogens with one attached hydrogen (secondary N) is 1. The maximum absolute atomic E-state index is 7.37. The quantitative estimate of drug-likeness (QED) is 0.479. The highest BCUT2D eigenvalue weighted by Gasteiger charge is 2.22. The zero-order valence-corrected chi connectivity index (χ0v) is 8.01. The number of hydrogen-bond donors (Lipinski definition) is 2. The van der Waals surface area contributed by atoms with E-state index in [2.05, 4.69) is 18.7 Å². The zero-order chi connectivity index (χ0) is 9.14. The minimum atomic E-state index is 0.307. The molecule has 0 aliphatic carbocycles. The van der Waals surface area contributed by atoms with Gasteiger partial charge in [0, 0.05) is 18.5 Å². The predicted molar refractivity (Wildman–Crippen MR) is 51.3 cm³/mol. The second kappa shape index (κ2) is 3.90. The number of nitrogens with two attached hydrogens (primary N) is 1. The van der Waals surface area contributed by atoms with Gasteiger partial charge in [-0.25, -0.2) is 0 Å². The molecule has 0 spiro atoms. The van der Waals surface area contributed by atoms with Crippen LogP contribution < -0.4 is 5.73 Å². The topological polar surface area (TPSA) is 53.1 Å². The molecule has 1 aliphatic heterocycles. The second-order valence-corrected chi connectivity index (χ2v) is 3.88. The third-order valence-corrected chi connectivity index (χ3v) is 2.62. The number of likely N-dealkylation sites (tertiary alicyclic amines) is 1. The van der Waals surface area contributed by atoms with Crippen LogP contribution in [0.4, 0.5) is 0 Å². The molecule has 3 nitrogen and oxygen atoms in total. The van der Waals surface area contributed by atoms with Gasteiger partial charge in [-0.2, -0.15) is 0 Å². The van der Waals surface area contributed by atoms with Crippen LogP contribution in [0.2, 0.25) is 0 Å². The van der Waals surface area contributed by atoms with Crippen molar-refractivity contribution in [2.24, 2.45) is 11.7 Å². The molecule has 1 rings (SSSR count). The van der Waals surface area contributed by atoms with Gasteiger partial charge in [0.25, 0.3) is 0 Å². The highest BCUT2D eigenvalue weighted by molar-refractivity contribution is 5.79. The van der Waals surface area contributed by atoms with Gasteiger partial charge in [-0.1, -0.05) is 0 Å². The van der Waals surface area contributed by atoms with Crippen molar-refractivity contribution >= 4 is 5.84 Å². The summed E-state index contributed by atoms with van der Waals surface area (Å²) in [5.41, 5.74) is 5.49. The van der Waals surface area contributed by atoms with Gasteiger partial charge in [-0.3, -0.25) is 5.41 Å². The summed E-state index contributed by atoms with van der Waals surface area (Å²) in [5, 5.41) is 7.37. The van der Waals surface area contributed by atoms with Gasteiger partial charge < -0.3 is 10.6 Å². The Morgan fingerprint density at radius 3 is 2.75 bits per heavy atom. The van der Waals surface area contributed by atoms with Crippen molar-refractivity contribution in [2.75, 3.05) is 13.1 Å². The first kappa shape index (κ1) is 9.52. The summed E-state index contributed by atoms with van der Waals surface area (Å²) in [5.74, 6) is 0.668. The van der Waals surface area contributed by atoms with Crippen molar-refractivity contribution < 1.29 is 0 Å². The first-order chi connectivity index (χ1) is 5.61. The Balaban J connectivity index is 2.46. The molecule has 0 aromatic carbocycles. The Bertz CT molecular complexity index is 165. The van der Waals surface area contributed by atoms with Gasteiger partial charge in [0.05, 0.1) is 5.84 Å². The molecule has 1 saturated heterocycles. The molecule has 0 aromatic rings. The maximum atomic E-state index is 7.37. The van der Waals surface area contributed by atoms with Crippen molar-refractivity contribution in [3.63, 3.8) is 0 Å². The standard InChI is InChI=1S/C9H19N3/c1-7(2)12-5-3-4-8(6-12)9(10)11/h7-8H,3-6H2,1-2H3,(H3,10,11). The lowest BCUT2D eigenvalue weighted by molar-refractivity contribution is 0.164. The van der Waals surface area contributed by atoms with Crippen LogP contribution in [0.15, 0.2) is 0 Å². The average molecular weight is 169 g/mol. The van der Waals surface area contributed by atoms with E-state index in [1.165, 1.54) is 13.0 Å². The molecule has 3 N–H and O–H groups in total. The highest BCUT2D eigenvalue weighted by atomic mass is 15.2. The molecule has 1 unspecified atom stereocenters. The van der Waals surface area contributed by atoms with Gasteiger partial charge in [-0.05, 0) is 33.2 Å². The Morgan fingerprint density at radius 1 is 1.58 bits per heavy atom. The molecule has 0 aromatic heterocycles. The fraction of sp³-hybridized carbons (Fsp3) is 0.889. The van der Waals surface area contributed by atoms with Crippen LogP contribution >= 0.6 is 0 Å². The first-order valence-electron chi connectivity index (χ1n) is 4.69. The molecule has 70 valence electrons. The van der Waals surface area contributed by atoms with Gasteiger partial charge in [0.2, 0.25) is 0 Å². The lowest BCUT2D eigenvalue weighted by Gasteiger charge is -2.34. The number of rotatable bonds is 2. The molecular formula is C9H19N3. The summed E-state index contributed by atoms with van der Waals surface area (Å²) in [7, 11) is 0. The van der Waals surface area contributed by atoms with Crippen molar-refractivity contribution in [3.8, 4) is 0 Å². The molecule has 1 fully saturated rings. The average Bonchev–Trinajstić information content (AvgIpc) is 2.04. The fourth-order valence-corrected chi connectivity index (χ4v) is 1.73. The molecule has 12 heavy (non-hydrogen) atoms. The summed E-state index contributed by atoms with van der Waals surface area (Å²) in [4.78, 5) is 2.40. The molecule has 1 atom stereocenters.